The second-order valence-electron chi connectivity index (χ2n) is 5.22. The molecule has 3 heterocycles. The van der Waals surface area contributed by atoms with Gasteiger partial charge in [0.25, 0.3) is 0 Å². The Labute approximate surface area is 122 Å². The van der Waals surface area contributed by atoms with Gasteiger partial charge in [0, 0.05) is 25.2 Å². The molecule has 0 bridgehead atoms. The van der Waals surface area contributed by atoms with Crippen molar-refractivity contribution in [1.82, 2.24) is 25.1 Å². The number of nitrogens with zero attached hydrogens (tertiary/aromatic N) is 3. The molecule has 0 amide bonds. The SMILES string of the molecule is COC(=O)c1ccc(CNC(C)c2nnc3n2CCC3)[nH]1. The predicted molar refractivity (Wildman–Crippen MR) is 75.7 cm³/mol. The van der Waals surface area contributed by atoms with Gasteiger partial charge in [-0.2, -0.15) is 0 Å². The van der Waals surface area contributed by atoms with Crippen molar-refractivity contribution in [3.05, 3.63) is 35.2 Å². The van der Waals surface area contributed by atoms with Crippen LogP contribution in [0.2, 0.25) is 0 Å². The van der Waals surface area contributed by atoms with Crippen LogP contribution in [0.5, 0.6) is 0 Å². The summed E-state index contributed by atoms with van der Waals surface area (Å²) in [5.74, 6) is 1.69. The zero-order valence-corrected chi connectivity index (χ0v) is 12.2. The van der Waals surface area contributed by atoms with Crippen LogP contribution in [0.4, 0.5) is 0 Å². The Kier molecular flexibility index (Phi) is 3.74. The monoisotopic (exact) mass is 289 g/mol. The lowest BCUT2D eigenvalue weighted by molar-refractivity contribution is 0.0594. The molecule has 112 valence electrons. The van der Waals surface area contributed by atoms with Gasteiger partial charge >= 0.3 is 5.97 Å². The number of hydrogen-bond donors (Lipinski definition) is 2. The fourth-order valence-corrected chi connectivity index (χ4v) is 2.62. The number of fused-ring (bicyclic) bond motifs is 1. The Balaban J connectivity index is 1.62. The van der Waals surface area contributed by atoms with Gasteiger partial charge in [-0.1, -0.05) is 0 Å². The molecule has 3 rings (SSSR count). The number of H-pyrrole nitrogens is 1. The quantitative estimate of drug-likeness (QED) is 0.808. The first-order valence-corrected chi connectivity index (χ1v) is 7.10. The van der Waals surface area contributed by atoms with Gasteiger partial charge in [-0.05, 0) is 25.5 Å². The molecule has 0 saturated heterocycles. The van der Waals surface area contributed by atoms with E-state index in [4.69, 9.17) is 0 Å². The topological polar surface area (TPSA) is 84.8 Å². The fourth-order valence-electron chi connectivity index (χ4n) is 2.62. The van der Waals surface area contributed by atoms with Gasteiger partial charge in [0.2, 0.25) is 0 Å². The number of aromatic nitrogens is 4. The molecule has 1 atom stereocenters. The van der Waals surface area contributed by atoms with Gasteiger partial charge in [-0.3, -0.25) is 0 Å². The molecule has 7 heteroatoms. The molecule has 0 spiro atoms. The van der Waals surface area contributed by atoms with E-state index in [1.165, 1.54) is 7.11 Å². The predicted octanol–water partition coefficient (Wildman–Crippen LogP) is 1.19. The van der Waals surface area contributed by atoms with Crippen molar-refractivity contribution in [2.24, 2.45) is 0 Å². The standard InChI is InChI=1S/C14H19N5O2/c1-9(13-18-17-12-4-3-7-19(12)13)15-8-10-5-6-11(16-10)14(20)21-2/h5-6,9,15-16H,3-4,7-8H2,1-2H3. The molecule has 1 aliphatic rings. The Morgan fingerprint density at radius 1 is 1.52 bits per heavy atom. The van der Waals surface area contributed by atoms with Crippen LogP contribution in [0, 0.1) is 0 Å². The highest BCUT2D eigenvalue weighted by atomic mass is 16.5. The lowest BCUT2D eigenvalue weighted by Crippen LogP contribution is -2.22. The Bertz CT molecular complexity index is 646. The number of carbonyl (C=O) groups is 1. The third kappa shape index (κ3) is 2.69. The highest BCUT2D eigenvalue weighted by Crippen LogP contribution is 2.19. The van der Waals surface area contributed by atoms with E-state index in [2.05, 4.69) is 36.7 Å². The molecule has 0 saturated carbocycles. The summed E-state index contributed by atoms with van der Waals surface area (Å²) in [5, 5.41) is 11.9. The molecule has 21 heavy (non-hydrogen) atoms. The summed E-state index contributed by atoms with van der Waals surface area (Å²) >= 11 is 0. The van der Waals surface area contributed by atoms with Crippen molar-refractivity contribution in [2.45, 2.75) is 38.9 Å². The minimum atomic E-state index is -0.357. The number of hydrogen-bond acceptors (Lipinski definition) is 5. The summed E-state index contributed by atoms with van der Waals surface area (Å²) in [6.07, 6.45) is 2.16. The maximum atomic E-state index is 11.4. The molecule has 2 N–H and O–H groups in total. The summed E-state index contributed by atoms with van der Waals surface area (Å²) < 4.78 is 6.86. The van der Waals surface area contributed by atoms with Crippen molar-refractivity contribution < 1.29 is 9.53 Å². The molecule has 0 fully saturated rings. The van der Waals surface area contributed by atoms with Crippen LogP contribution in [0.1, 0.15) is 47.2 Å². The average molecular weight is 289 g/mol. The van der Waals surface area contributed by atoms with Crippen molar-refractivity contribution in [3.8, 4) is 0 Å². The number of nitrogens with one attached hydrogen (secondary N) is 2. The first kappa shape index (κ1) is 13.8. The molecule has 1 aliphatic heterocycles. The third-order valence-electron chi connectivity index (χ3n) is 3.78. The zero-order chi connectivity index (χ0) is 14.8. The smallest absolute Gasteiger partial charge is 0.354 e. The van der Waals surface area contributed by atoms with E-state index in [0.29, 0.717) is 12.2 Å². The molecule has 0 aliphatic carbocycles. The Morgan fingerprint density at radius 2 is 2.38 bits per heavy atom. The number of ether oxygens (including phenoxy) is 1. The van der Waals surface area contributed by atoms with Gasteiger partial charge in [-0.25, -0.2) is 4.79 Å². The van der Waals surface area contributed by atoms with E-state index in [0.717, 1.165) is 36.7 Å². The summed E-state index contributed by atoms with van der Waals surface area (Å²) in [6.45, 7) is 3.69. The summed E-state index contributed by atoms with van der Waals surface area (Å²) in [6, 6.07) is 3.71. The van der Waals surface area contributed by atoms with E-state index >= 15 is 0 Å². The fraction of sp³-hybridized carbons (Fsp3) is 0.500. The molecule has 0 radical (unpaired) electrons. The Morgan fingerprint density at radius 3 is 3.19 bits per heavy atom. The molecule has 2 aromatic heterocycles. The Hall–Kier alpha value is -2.15. The van der Waals surface area contributed by atoms with Gasteiger partial charge in [0.15, 0.2) is 0 Å². The normalized spacial score (nSPS) is 15.0. The van der Waals surface area contributed by atoms with Crippen LogP contribution in [0.3, 0.4) is 0 Å². The highest BCUT2D eigenvalue weighted by Gasteiger charge is 2.21. The maximum Gasteiger partial charge on any atom is 0.354 e. The van der Waals surface area contributed by atoms with Crippen LogP contribution in [0.25, 0.3) is 0 Å². The van der Waals surface area contributed by atoms with E-state index < -0.39 is 0 Å². The maximum absolute atomic E-state index is 11.4. The van der Waals surface area contributed by atoms with Gasteiger partial charge in [0.05, 0.1) is 13.2 Å². The van der Waals surface area contributed by atoms with E-state index in [1.54, 1.807) is 6.07 Å². The van der Waals surface area contributed by atoms with Gasteiger partial charge in [-0.15, -0.1) is 10.2 Å². The van der Waals surface area contributed by atoms with Gasteiger partial charge in [0.1, 0.15) is 17.3 Å². The number of rotatable bonds is 5. The lowest BCUT2D eigenvalue weighted by Gasteiger charge is -2.13. The van der Waals surface area contributed by atoms with E-state index in [-0.39, 0.29) is 12.0 Å². The van der Waals surface area contributed by atoms with Crippen molar-refractivity contribution in [3.63, 3.8) is 0 Å². The number of esters is 1. The molecular formula is C14H19N5O2. The molecule has 0 aromatic carbocycles. The molecule has 1 unspecified atom stereocenters. The minimum absolute atomic E-state index is 0.106. The van der Waals surface area contributed by atoms with Crippen LogP contribution < -0.4 is 5.32 Å². The van der Waals surface area contributed by atoms with Crippen LogP contribution in [0.15, 0.2) is 12.1 Å². The van der Waals surface area contributed by atoms with Crippen LogP contribution >= 0.6 is 0 Å². The van der Waals surface area contributed by atoms with Crippen LogP contribution in [-0.4, -0.2) is 32.8 Å². The first-order valence-electron chi connectivity index (χ1n) is 7.10. The third-order valence-corrected chi connectivity index (χ3v) is 3.78. The summed E-state index contributed by atoms with van der Waals surface area (Å²) in [7, 11) is 1.37. The van der Waals surface area contributed by atoms with E-state index in [9.17, 15) is 4.79 Å². The molecule has 7 nitrogen and oxygen atoms in total. The number of aryl methyl sites for hydroxylation is 1. The van der Waals surface area contributed by atoms with Gasteiger partial charge < -0.3 is 19.6 Å². The average Bonchev–Trinajstić information content (AvgIpc) is 3.19. The minimum Gasteiger partial charge on any atom is -0.464 e. The van der Waals surface area contributed by atoms with Crippen molar-refractivity contribution in [1.29, 1.82) is 0 Å². The number of methoxy groups -OCH3 is 1. The zero-order valence-electron chi connectivity index (χ0n) is 12.2. The van der Waals surface area contributed by atoms with Crippen molar-refractivity contribution in [2.75, 3.05) is 7.11 Å². The van der Waals surface area contributed by atoms with Crippen LogP contribution in [-0.2, 0) is 24.2 Å². The van der Waals surface area contributed by atoms with Crippen molar-refractivity contribution >= 4 is 5.97 Å². The molecular weight excluding hydrogens is 270 g/mol. The first-order chi connectivity index (χ1) is 10.2. The summed E-state index contributed by atoms with van der Waals surface area (Å²) in [5.41, 5.74) is 1.40. The summed E-state index contributed by atoms with van der Waals surface area (Å²) in [4.78, 5) is 14.4. The van der Waals surface area contributed by atoms with E-state index in [1.807, 2.05) is 6.07 Å². The lowest BCUT2D eigenvalue weighted by atomic mass is 10.3. The second kappa shape index (κ2) is 5.69. The largest absolute Gasteiger partial charge is 0.464 e. The highest BCUT2D eigenvalue weighted by molar-refractivity contribution is 5.87. The number of aromatic amines is 1. The molecule has 2 aromatic rings. The second-order valence-corrected chi connectivity index (χ2v) is 5.22. The number of carbonyl (C=O) groups excluding carboxylic acids is 1.